The van der Waals surface area contributed by atoms with Gasteiger partial charge in [-0.2, -0.15) is 0 Å². The van der Waals surface area contributed by atoms with Gasteiger partial charge in [0.15, 0.2) is 0 Å². The van der Waals surface area contributed by atoms with Crippen LogP contribution in [0.4, 0.5) is 0 Å². The zero-order chi connectivity index (χ0) is 18.5. The number of hydrogen-bond acceptors (Lipinski definition) is 2. The van der Waals surface area contributed by atoms with Gasteiger partial charge in [-0.15, -0.1) is 0 Å². The second kappa shape index (κ2) is 8.51. The average Bonchev–Trinajstić information content (AvgIpc) is 2.71. The Morgan fingerprint density at radius 1 is 0.778 bits per heavy atom. The minimum atomic E-state index is 1.06. The molecule has 0 aromatic heterocycles. The van der Waals surface area contributed by atoms with Crippen molar-refractivity contribution in [1.29, 1.82) is 0 Å². The molecule has 0 spiro atoms. The van der Waals surface area contributed by atoms with E-state index in [4.69, 9.17) is 0 Å². The largest absolute Gasteiger partial charge is 0.297 e. The molecular formula is C25H28N2. The third-order valence-corrected chi connectivity index (χ3v) is 5.41. The van der Waals surface area contributed by atoms with E-state index in [-0.39, 0.29) is 0 Å². The molecule has 0 radical (unpaired) electrons. The number of rotatable bonds is 5. The molecule has 0 atom stereocenters. The van der Waals surface area contributed by atoms with E-state index < -0.39 is 0 Å². The van der Waals surface area contributed by atoms with Crippen LogP contribution in [0.1, 0.15) is 18.1 Å². The maximum Gasteiger partial charge on any atom is 0.0234 e. The van der Waals surface area contributed by atoms with Gasteiger partial charge in [0.25, 0.3) is 0 Å². The molecule has 1 fully saturated rings. The SMILES string of the molecule is C/C(=C\c1cccc2ccccc12)CN1CCN(Cc2ccccc2)CC1. The topological polar surface area (TPSA) is 6.48 Å². The van der Waals surface area contributed by atoms with E-state index >= 15 is 0 Å². The summed E-state index contributed by atoms with van der Waals surface area (Å²) in [7, 11) is 0. The molecule has 0 unspecified atom stereocenters. The molecule has 4 rings (SSSR count). The third kappa shape index (κ3) is 4.65. The van der Waals surface area contributed by atoms with Gasteiger partial charge >= 0.3 is 0 Å². The fourth-order valence-corrected chi connectivity index (χ4v) is 3.99. The lowest BCUT2D eigenvalue weighted by Gasteiger charge is -2.35. The summed E-state index contributed by atoms with van der Waals surface area (Å²) in [5, 5.41) is 2.65. The fourth-order valence-electron chi connectivity index (χ4n) is 3.99. The third-order valence-electron chi connectivity index (χ3n) is 5.41. The summed E-state index contributed by atoms with van der Waals surface area (Å²) in [6.45, 7) is 8.98. The van der Waals surface area contributed by atoms with Gasteiger partial charge in [-0.3, -0.25) is 9.80 Å². The molecule has 1 aliphatic rings. The Morgan fingerprint density at radius 2 is 1.44 bits per heavy atom. The van der Waals surface area contributed by atoms with Crippen LogP contribution < -0.4 is 0 Å². The molecule has 138 valence electrons. The maximum atomic E-state index is 2.58. The van der Waals surface area contributed by atoms with Crippen LogP contribution >= 0.6 is 0 Å². The Balaban J connectivity index is 1.35. The molecule has 0 amide bonds. The van der Waals surface area contributed by atoms with Crippen molar-refractivity contribution in [3.05, 3.63) is 89.5 Å². The van der Waals surface area contributed by atoms with Crippen LogP contribution in [-0.4, -0.2) is 42.5 Å². The highest BCUT2D eigenvalue weighted by Gasteiger charge is 2.17. The van der Waals surface area contributed by atoms with Crippen LogP contribution in [0.25, 0.3) is 16.8 Å². The summed E-state index contributed by atoms with van der Waals surface area (Å²) < 4.78 is 0. The molecule has 3 aromatic carbocycles. The molecule has 1 heterocycles. The highest BCUT2D eigenvalue weighted by molar-refractivity contribution is 5.90. The lowest BCUT2D eigenvalue weighted by Crippen LogP contribution is -2.46. The van der Waals surface area contributed by atoms with Crippen molar-refractivity contribution in [3.8, 4) is 0 Å². The van der Waals surface area contributed by atoms with Crippen LogP contribution in [0, 0.1) is 0 Å². The minimum Gasteiger partial charge on any atom is -0.297 e. The van der Waals surface area contributed by atoms with Crippen LogP contribution in [0.2, 0.25) is 0 Å². The zero-order valence-corrected chi connectivity index (χ0v) is 16.1. The van der Waals surface area contributed by atoms with Crippen molar-refractivity contribution >= 4 is 16.8 Å². The van der Waals surface area contributed by atoms with E-state index in [1.807, 2.05) is 0 Å². The molecule has 0 N–H and O–H groups in total. The van der Waals surface area contributed by atoms with Gasteiger partial charge in [0, 0.05) is 39.3 Å². The zero-order valence-electron chi connectivity index (χ0n) is 16.1. The van der Waals surface area contributed by atoms with Gasteiger partial charge in [0.05, 0.1) is 0 Å². The van der Waals surface area contributed by atoms with E-state index in [2.05, 4.69) is 95.6 Å². The molecule has 1 aliphatic heterocycles. The van der Waals surface area contributed by atoms with Gasteiger partial charge in [-0.1, -0.05) is 84.4 Å². The number of piperazine rings is 1. The Morgan fingerprint density at radius 3 is 2.26 bits per heavy atom. The fraction of sp³-hybridized carbons (Fsp3) is 0.280. The Bertz CT molecular complexity index is 901. The molecule has 0 aliphatic carbocycles. The van der Waals surface area contributed by atoms with Crippen molar-refractivity contribution in [1.82, 2.24) is 9.80 Å². The highest BCUT2D eigenvalue weighted by Crippen LogP contribution is 2.21. The molecule has 2 heteroatoms. The standard InChI is InChI=1S/C25H28N2/c1-21(18-24-12-7-11-23-10-5-6-13-25(23)24)19-26-14-16-27(17-15-26)20-22-8-3-2-4-9-22/h2-13,18H,14-17,19-20H2,1H3/b21-18+. The molecule has 0 bridgehead atoms. The summed E-state index contributed by atoms with van der Waals surface area (Å²) in [5.74, 6) is 0. The van der Waals surface area contributed by atoms with Crippen molar-refractivity contribution in [2.24, 2.45) is 0 Å². The van der Waals surface area contributed by atoms with Gasteiger partial charge in [0.2, 0.25) is 0 Å². The van der Waals surface area contributed by atoms with Crippen LogP contribution in [0.3, 0.4) is 0 Å². The summed E-state index contributed by atoms with van der Waals surface area (Å²) in [6, 6.07) is 26.0. The number of hydrogen-bond donors (Lipinski definition) is 0. The van der Waals surface area contributed by atoms with Crippen molar-refractivity contribution in [2.45, 2.75) is 13.5 Å². The highest BCUT2D eigenvalue weighted by atomic mass is 15.3. The second-order valence-corrected chi connectivity index (χ2v) is 7.60. The first-order valence-electron chi connectivity index (χ1n) is 9.91. The van der Waals surface area contributed by atoms with E-state index in [9.17, 15) is 0 Å². The Kier molecular flexibility index (Phi) is 5.66. The first kappa shape index (κ1) is 18.0. The van der Waals surface area contributed by atoms with Crippen LogP contribution in [0.15, 0.2) is 78.4 Å². The molecule has 0 saturated carbocycles. The van der Waals surface area contributed by atoms with E-state index in [0.717, 1.165) is 39.3 Å². The summed E-state index contributed by atoms with van der Waals surface area (Å²) in [4.78, 5) is 5.15. The normalized spacial score (nSPS) is 16.7. The molecule has 3 aromatic rings. The van der Waals surface area contributed by atoms with E-state index in [0.29, 0.717) is 0 Å². The Hall–Kier alpha value is -2.42. The predicted octanol–water partition coefficient (Wildman–Crippen LogP) is 5.06. The smallest absolute Gasteiger partial charge is 0.0234 e. The van der Waals surface area contributed by atoms with E-state index in [1.54, 1.807) is 0 Å². The van der Waals surface area contributed by atoms with Gasteiger partial charge in [0.1, 0.15) is 0 Å². The first-order valence-corrected chi connectivity index (χ1v) is 9.91. The van der Waals surface area contributed by atoms with Gasteiger partial charge in [-0.05, 0) is 28.8 Å². The lowest BCUT2D eigenvalue weighted by atomic mass is 10.0. The van der Waals surface area contributed by atoms with Crippen LogP contribution in [0.5, 0.6) is 0 Å². The number of nitrogens with zero attached hydrogens (tertiary/aromatic N) is 2. The van der Waals surface area contributed by atoms with Crippen molar-refractivity contribution in [2.75, 3.05) is 32.7 Å². The quantitative estimate of drug-likeness (QED) is 0.630. The van der Waals surface area contributed by atoms with Gasteiger partial charge in [-0.25, -0.2) is 0 Å². The maximum absolute atomic E-state index is 2.58. The molecule has 27 heavy (non-hydrogen) atoms. The molecular weight excluding hydrogens is 328 g/mol. The molecule has 2 nitrogen and oxygen atoms in total. The van der Waals surface area contributed by atoms with Crippen molar-refractivity contribution < 1.29 is 0 Å². The van der Waals surface area contributed by atoms with Crippen LogP contribution in [-0.2, 0) is 6.54 Å². The Labute approximate surface area is 162 Å². The average molecular weight is 357 g/mol. The van der Waals surface area contributed by atoms with E-state index in [1.165, 1.54) is 27.5 Å². The van der Waals surface area contributed by atoms with Crippen molar-refractivity contribution in [3.63, 3.8) is 0 Å². The monoisotopic (exact) mass is 356 g/mol. The predicted molar refractivity (Wildman–Crippen MR) is 116 cm³/mol. The number of fused-ring (bicyclic) bond motifs is 1. The first-order chi connectivity index (χ1) is 13.3. The summed E-state index contributed by atoms with van der Waals surface area (Å²) >= 11 is 0. The molecule has 1 saturated heterocycles. The number of benzene rings is 3. The minimum absolute atomic E-state index is 1.06. The summed E-state index contributed by atoms with van der Waals surface area (Å²) in [6.07, 6.45) is 2.36. The second-order valence-electron chi connectivity index (χ2n) is 7.60. The van der Waals surface area contributed by atoms with Gasteiger partial charge < -0.3 is 0 Å². The lowest BCUT2D eigenvalue weighted by molar-refractivity contribution is 0.135. The summed E-state index contributed by atoms with van der Waals surface area (Å²) in [5.41, 5.74) is 4.18.